The van der Waals surface area contributed by atoms with Gasteiger partial charge in [0.15, 0.2) is 0 Å². The summed E-state index contributed by atoms with van der Waals surface area (Å²) in [5.74, 6) is 1.82. The van der Waals surface area contributed by atoms with Crippen LogP contribution in [0.4, 0.5) is 0 Å². The molecule has 0 aliphatic rings. The largest absolute Gasteiger partial charge is 0.492 e. The first-order valence-electron chi connectivity index (χ1n) is 9.84. The zero-order valence-electron chi connectivity index (χ0n) is 16.0. The maximum atomic E-state index is 5.99. The van der Waals surface area contributed by atoms with Crippen molar-refractivity contribution in [3.05, 3.63) is 33.2 Å². The second-order valence-electron chi connectivity index (χ2n) is 6.73. The monoisotopic (exact) mass is 484 g/mol. The fourth-order valence-corrected chi connectivity index (χ4v) is 3.85. The predicted octanol–water partition coefficient (Wildman–Crippen LogP) is 8.28. The third-order valence-electron chi connectivity index (χ3n) is 4.45. The molecule has 0 saturated heterocycles. The number of fused-ring (bicyclic) bond motifs is 1. The number of halogens is 2. The highest BCUT2D eigenvalue weighted by Crippen LogP contribution is 2.36. The van der Waals surface area contributed by atoms with E-state index in [0.29, 0.717) is 0 Å². The maximum absolute atomic E-state index is 5.99. The molecule has 0 atom stereocenters. The van der Waals surface area contributed by atoms with Crippen molar-refractivity contribution in [3.8, 4) is 11.5 Å². The lowest BCUT2D eigenvalue weighted by atomic mass is 10.1. The minimum Gasteiger partial charge on any atom is -0.492 e. The summed E-state index contributed by atoms with van der Waals surface area (Å²) in [7, 11) is 0. The van der Waals surface area contributed by atoms with Gasteiger partial charge in [0.05, 0.1) is 22.2 Å². The van der Waals surface area contributed by atoms with Crippen molar-refractivity contribution in [3.63, 3.8) is 0 Å². The van der Waals surface area contributed by atoms with Gasteiger partial charge in [-0.15, -0.1) is 0 Å². The van der Waals surface area contributed by atoms with Crippen LogP contribution in [0.3, 0.4) is 0 Å². The first-order chi connectivity index (χ1) is 12.7. The molecule has 0 spiro atoms. The summed E-state index contributed by atoms with van der Waals surface area (Å²) < 4.78 is 14.0. The summed E-state index contributed by atoms with van der Waals surface area (Å²) in [5.41, 5.74) is 0. The number of ether oxygens (including phenoxy) is 2. The molecule has 0 aliphatic carbocycles. The molecule has 0 heterocycles. The van der Waals surface area contributed by atoms with E-state index >= 15 is 0 Å². The van der Waals surface area contributed by atoms with Gasteiger partial charge >= 0.3 is 0 Å². The molecule has 0 unspecified atom stereocenters. The summed E-state index contributed by atoms with van der Waals surface area (Å²) in [6.07, 6.45) is 9.70. The highest BCUT2D eigenvalue weighted by atomic mass is 79.9. The summed E-state index contributed by atoms with van der Waals surface area (Å²) in [5, 5.41) is 2.31. The SMILES string of the molecule is CCCCCCOc1cc2cc(OCCCCCC)c(Br)cc2cc1Br. The van der Waals surface area contributed by atoms with Crippen LogP contribution in [-0.2, 0) is 0 Å². The number of unbranched alkanes of at least 4 members (excludes halogenated alkanes) is 6. The molecule has 0 aliphatic heterocycles. The summed E-state index contributed by atoms with van der Waals surface area (Å²) in [6.45, 7) is 5.98. The number of hydrogen-bond acceptors (Lipinski definition) is 2. The van der Waals surface area contributed by atoms with Crippen LogP contribution in [0.1, 0.15) is 65.2 Å². The van der Waals surface area contributed by atoms with Crippen LogP contribution in [0.25, 0.3) is 10.8 Å². The fraction of sp³-hybridized carbons (Fsp3) is 0.545. The van der Waals surface area contributed by atoms with Crippen molar-refractivity contribution >= 4 is 42.6 Å². The molecule has 2 rings (SSSR count). The van der Waals surface area contributed by atoms with E-state index in [1.54, 1.807) is 0 Å². The summed E-state index contributed by atoms with van der Waals surface area (Å²) >= 11 is 7.28. The minimum absolute atomic E-state index is 0.765. The standard InChI is InChI=1S/C22H30Br2O2/c1-3-5-7-9-11-25-21-15-18-16-22(26-12-10-8-6-4-2)20(24)14-17(18)13-19(21)23/h13-16H,3-12H2,1-2H3. The molecule has 0 N–H and O–H groups in total. The second kappa shape index (κ2) is 11.9. The van der Waals surface area contributed by atoms with Gasteiger partial charge in [0.2, 0.25) is 0 Å². The Kier molecular flexibility index (Phi) is 9.84. The molecule has 144 valence electrons. The van der Waals surface area contributed by atoms with E-state index in [2.05, 4.69) is 70.0 Å². The van der Waals surface area contributed by atoms with Crippen LogP contribution in [0.15, 0.2) is 33.2 Å². The first kappa shape index (κ1) is 21.6. The Hall–Kier alpha value is -0.740. The van der Waals surface area contributed by atoms with E-state index < -0.39 is 0 Å². The predicted molar refractivity (Wildman–Crippen MR) is 119 cm³/mol. The zero-order valence-corrected chi connectivity index (χ0v) is 19.1. The molecule has 4 heteroatoms. The van der Waals surface area contributed by atoms with Gasteiger partial charge in [-0.1, -0.05) is 52.4 Å². The van der Waals surface area contributed by atoms with Gasteiger partial charge in [-0.3, -0.25) is 0 Å². The number of rotatable bonds is 12. The van der Waals surface area contributed by atoms with Crippen LogP contribution < -0.4 is 9.47 Å². The van der Waals surface area contributed by atoms with Crippen molar-refractivity contribution < 1.29 is 9.47 Å². The van der Waals surface area contributed by atoms with E-state index in [1.165, 1.54) is 43.9 Å². The zero-order chi connectivity index (χ0) is 18.8. The van der Waals surface area contributed by atoms with Gasteiger partial charge in [-0.25, -0.2) is 0 Å². The van der Waals surface area contributed by atoms with Crippen molar-refractivity contribution in [2.75, 3.05) is 13.2 Å². The highest BCUT2D eigenvalue weighted by molar-refractivity contribution is 9.11. The lowest BCUT2D eigenvalue weighted by Crippen LogP contribution is -1.99. The molecule has 0 fully saturated rings. The van der Waals surface area contributed by atoms with Gasteiger partial charge < -0.3 is 9.47 Å². The number of benzene rings is 2. The Morgan fingerprint density at radius 2 is 1.04 bits per heavy atom. The lowest BCUT2D eigenvalue weighted by Gasteiger charge is -2.13. The Morgan fingerprint density at radius 1 is 0.615 bits per heavy atom. The van der Waals surface area contributed by atoms with Crippen molar-refractivity contribution in [2.24, 2.45) is 0 Å². The van der Waals surface area contributed by atoms with Crippen LogP contribution in [0.5, 0.6) is 11.5 Å². The number of hydrogen-bond donors (Lipinski definition) is 0. The van der Waals surface area contributed by atoms with E-state index in [9.17, 15) is 0 Å². The molecular weight excluding hydrogens is 456 g/mol. The summed E-state index contributed by atoms with van der Waals surface area (Å²) in [4.78, 5) is 0. The van der Waals surface area contributed by atoms with Crippen molar-refractivity contribution in [1.82, 2.24) is 0 Å². The minimum atomic E-state index is 0.765. The third kappa shape index (κ3) is 6.77. The molecule has 0 amide bonds. The molecule has 2 aromatic rings. The molecule has 26 heavy (non-hydrogen) atoms. The van der Waals surface area contributed by atoms with E-state index in [1.807, 2.05) is 0 Å². The Labute approximate surface area is 174 Å². The molecule has 2 aromatic carbocycles. The summed E-state index contributed by atoms with van der Waals surface area (Å²) in [6, 6.07) is 8.45. The molecule has 0 radical (unpaired) electrons. The normalized spacial score (nSPS) is 11.1. The Balaban J connectivity index is 2.03. The van der Waals surface area contributed by atoms with Gasteiger partial charge in [0, 0.05) is 0 Å². The first-order valence-corrected chi connectivity index (χ1v) is 11.4. The second-order valence-corrected chi connectivity index (χ2v) is 8.44. The molecular formula is C22H30Br2O2. The molecule has 2 nitrogen and oxygen atoms in total. The van der Waals surface area contributed by atoms with Crippen LogP contribution >= 0.6 is 31.9 Å². The smallest absolute Gasteiger partial charge is 0.134 e. The van der Waals surface area contributed by atoms with Crippen molar-refractivity contribution in [1.29, 1.82) is 0 Å². The fourth-order valence-electron chi connectivity index (χ4n) is 2.90. The van der Waals surface area contributed by atoms with Gasteiger partial charge in [0.25, 0.3) is 0 Å². The highest BCUT2D eigenvalue weighted by Gasteiger charge is 2.09. The quantitative estimate of drug-likeness (QED) is 0.281. The average Bonchev–Trinajstić information content (AvgIpc) is 2.62. The maximum Gasteiger partial charge on any atom is 0.134 e. The Bertz CT molecular complexity index is 631. The van der Waals surface area contributed by atoms with Crippen LogP contribution in [-0.4, -0.2) is 13.2 Å². The van der Waals surface area contributed by atoms with Gasteiger partial charge in [-0.05, 0) is 79.7 Å². The average molecular weight is 486 g/mol. The third-order valence-corrected chi connectivity index (χ3v) is 5.69. The molecule has 0 aromatic heterocycles. The van der Waals surface area contributed by atoms with E-state index in [-0.39, 0.29) is 0 Å². The topological polar surface area (TPSA) is 18.5 Å². The van der Waals surface area contributed by atoms with Crippen molar-refractivity contribution in [2.45, 2.75) is 65.2 Å². The van der Waals surface area contributed by atoms with Crippen LogP contribution in [0, 0.1) is 0 Å². The van der Waals surface area contributed by atoms with Gasteiger partial charge in [0.1, 0.15) is 11.5 Å². The van der Waals surface area contributed by atoms with Crippen LogP contribution in [0.2, 0.25) is 0 Å². The molecule has 0 bridgehead atoms. The Morgan fingerprint density at radius 3 is 1.46 bits per heavy atom. The van der Waals surface area contributed by atoms with E-state index in [0.717, 1.165) is 51.9 Å². The lowest BCUT2D eigenvalue weighted by molar-refractivity contribution is 0.302. The van der Waals surface area contributed by atoms with Gasteiger partial charge in [-0.2, -0.15) is 0 Å². The van der Waals surface area contributed by atoms with E-state index in [4.69, 9.17) is 9.47 Å². The molecule has 0 saturated carbocycles.